The van der Waals surface area contributed by atoms with Crippen LogP contribution in [0.15, 0.2) is 24.8 Å². The summed E-state index contributed by atoms with van der Waals surface area (Å²) in [5.74, 6) is 0. The molecule has 0 heterocycles. The molecule has 0 saturated heterocycles. The summed E-state index contributed by atoms with van der Waals surface area (Å²) < 4.78 is 0. The van der Waals surface area contributed by atoms with Crippen LogP contribution < -0.4 is 0 Å². The van der Waals surface area contributed by atoms with Gasteiger partial charge >= 0.3 is 0 Å². The number of hydrogen-bond acceptors (Lipinski definition) is 0. The van der Waals surface area contributed by atoms with E-state index in [1.165, 1.54) is 102 Å². The van der Waals surface area contributed by atoms with Gasteiger partial charge in [0, 0.05) is 0 Å². The first kappa shape index (κ1) is 23.7. The van der Waals surface area contributed by atoms with E-state index in [4.69, 9.17) is 0 Å². The number of unbranched alkanes of at least 4 members (excludes halogenated alkanes) is 14. The minimum Gasteiger partial charge on any atom is -0.103 e. The van der Waals surface area contributed by atoms with Crippen LogP contribution >= 0.6 is 0 Å². The van der Waals surface area contributed by atoms with Crippen molar-refractivity contribution < 1.29 is 0 Å². The lowest BCUT2D eigenvalue weighted by molar-refractivity contribution is 0.536. The van der Waals surface area contributed by atoms with Crippen LogP contribution in [0.2, 0.25) is 0 Å². The van der Waals surface area contributed by atoms with Gasteiger partial charge in [0.1, 0.15) is 0 Å². The van der Waals surface area contributed by atoms with Crippen molar-refractivity contribution in [2.45, 2.75) is 117 Å². The molecular formula is C22H44. The van der Waals surface area contributed by atoms with E-state index in [0.29, 0.717) is 0 Å². The highest BCUT2D eigenvalue weighted by molar-refractivity contribution is 4.78. The second kappa shape index (κ2) is 22.8. The Kier molecular flexibility index (Phi) is 24.6. The highest BCUT2D eigenvalue weighted by Gasteiger charge is 1.93. The molecule has 0 atom stereocenters. The Labute approximate surface area is 142 Å². The summed E-state index contributed by atoms with van der Waals surface area (Å²) in [6, 6.07) is 0. The van der Waals surface area contributed by atoms with Gasteiger partial charge in [-0.15, -0.1) is 13.2 Å². The van der Waals surface area contributed by atoms with E-state index in [2.05, 4.69) is 20.1 Å². The van der Waals surface area contributed by atoms with Gasteiger partial charge < -0.3 is 0 Å². The van der Waals surface area contributed by atoms with Gasteiger partial charge in [-0.05, 0) is 26.7 Å². The van der Waals surface area contributed by atoms with Crippen molar-refractivity contribution in [3.63, 3.8) is 0 Å². The molecule has 0 radical (unpaired) electrons. The van der Waals surface area contributed by atoms with E-state index in [0.717, 1.165) is 0 Å². The molecule has 0 bridgehead atoms. The first-order valence-corrected chi connectivity index (χ1v) is 9.88. The number of allylic oxidation sites excluding steroid dienone is 2. The molecule has 0 aliphatic carbocycles. The van der Waals surface area contributed by atoms with E-state index >= 15 is 0 Å². The second-order valence-corrected chi connectivity index (χ2v) is 6.88. The summed E-state index contributed by atoms with van der Waals surface area (Å²) >= 11 is 0. The molecule has 0 aliphatic heterocycles. The van der Waals surface area contributed by atoms with Gasteiger partial charge in [0.05, 0.1) is 0 Å². The fraction of sp³-hybridized carbons (Fsp3) is 0.818. The highest BCUT2D eigenvalue weighted by Crippen LogP contribution is 2.13. The van der Waals surface area contributed by atoms with Crippen molar-refractivity contribution in [2.24, 2.45) is 0 Å². The molecule has 132 valence electrons. The van der Waals surface area contributed by atoms with Gasteiger partial charge in [0.25, 0.3) is 0 Å². The molecule has 0 aliphatic rings. The van der Waals surface area contributed by atoms with Crippen molar-refractivity contribution in [1.29, 1.82) is 0 Å². The average Bonchev–Trinajstić information content (AvgIpc) is 2.47. The Morgan fingerprint density at radius 1 is 0.636 bits per heavy atom. The monoisotopic (exact) mass is 308 g/mol. The van der Waals surface area contributed by atoms with E-state index in [-0.39, 0.29) is 0 Å². The fourth-order valence-electron chi connectivity index (χ4n) is 2.48. The number of rotatable bonds is 15. The maximum Gasteiger partial charge on any atom is -0.0353 e. The Hall–Kier alpha value is -0.520. The smallest absolute Gasteiger partial charge is 0.0353 e. The van der Waals surface area contributed by atoms with Crippen LogP contribution in [0.4, 0.5) is 0 Å². The highest BCUT2D eigenvalue weighted by atomic mass is 14.0. The van der Waals surface area contributed by atoms with E-state index in [1.807, 2.05) is 19.9 Å². The summed E-state index contributed by atoms with van der Waals surface area (Å²) in [5, 5.41) is 0. The Morgan fingerprint density at radius 2 is 0.909 bits per heavy atom. The second-order valence-electron chi connectivity index (χ2n) is 6.88. The zero-order valence-corrected chi connectivity index (χ0v) is 16.1. The van der Waals surface area contributed by atoms with E-state index in [9.17, 15) is 0 Å². The van der Waals surface area contributed by atoms with Crippen LogP contribution in [-0.2, 0) is 0 Å². The summed E-state index contributed by atoms with van der Waals surface area (Å²) in [6.07, 6.45) is 23.5. The van der Waals surface area contributed by atoms with Gasteiger partial charge in [0.15, 0.2) is 0 Å². The van der Waals surface area contributed by atoms with Gasteiger partial charge in [0.2, 0.25) is 0 Å². The maximum atomic E-state index is 3.76. The molecule has 0 heteroatoms. The van der Waals surface area contributed by atoms with Crippen LogP contribution in [0.25, 0.3) is 0 Å². The van der Waals surface area contributed by atoms with Crippen LogP contribution in [0.1, 0.15) is 117 Å². The molecule has 0 amide bonds. The summed E-state index contributed by atoms with van der Waals surface area (Å²) in [7, 11) is 0. The van der Waals surface area contributed by atoms with E-state index < -0.39 is 0 Å². The molecule has 0 N–H and O–H groups in total. The minimum absolute atomic E-state index is 1.17. The topological polar surface area (TPSA) is 0 Å². The zero-order chi connectivity index (χ0) is 16.9. The normalized spacial score (nSPS) is 9.95. The fourth-order valence-corrected chi connectivity index (χ4v) is 2.48. The van der Waals surface area contributed by atoms with Gasteiger partial charge in [-0.2, -0.15) is 0 Å². The van der Waals surface area contributed by atoms with Crippen LogP contribution in [0.3, 0.4) is 0 Å². The Bertz CT molecular complexity index is 210. The van der Waals surface area contributed by atoms with Crippen LogP contribution in [0, 0.1) is 0 Å². The lowest BCUT2D eigenvalue weighted by atomic mass is 10.0. The Balaban J connectivity index is 0. The molecule has 0 aromatic rings. The third-order valence-corrected chi connectivity index (χ3v) is 3.76. The van der Waals surface area contributed by atoms with Crippen LogP contribution in [-0.4, -0.2) is 0 Å². The van der Waals surface area contributed by atoms with Crippen molar-refractivity contribution >= 4 is 0 Å². The van der Waals surface area contributed by atoms with Crippen molar-refractivity contribution in [1.82, 2.24) is 0 Å². The summed E-state index contributed by atoms with van der Waals surface area (Å²) in [6.45, 7) is 13.5. The van der Waals surface area contributed by atoms with Gasteiger partial charge in [-0.1, -0.05) is 102 Å². The zero-order valence-electron chi connectivity index (χ0n) is 16.1. The average molecular weight is 309 g/mol. The predicted octanol–water partition coefficient (Wildman–Crippen LogP) is 8.63. The largest absolute Gasteiger partial charge is 0.103 e. The lowest BCUT2D eigenvalue weighted by Gasteiger charge is -2.02. The van der Waals surface area contributed by atoms with Gasteiger partial charge in [-0.3, -0.25) is 0 Å². The van der Waals surface area contributed by atoms with Crippen molar-refractivity contribution in [2.75, 3.05) is 0 Å². The SMILES string of the molecule is C=C(C)C.C=CCCCCCCCCCCCCCCCC. The maximum absolute atomic E-state index is 3.76. The molecule has 0 aromatic carbocycles. The van der Waals surface area contributed by atoms with Crippen molar-refractivity contribution in [3.8, 4) is 0 Å². The molecule has 0 rings (SSSR count). The minimum atomic E-state index is 1.17. The molecule has 22 heavy (non-hydrogen) atoms. The quantitative estimate of drug-likeness (QED) is 0.210. The first-order valence-electron chi connectivity index (χ1n) is 9.88. The van der Waals surface area contributed by atoms with Crippen molar-refractivity contribution in [3.05, 3.63) is 24.8 Å². The third-order valence-electron chi connectivity index (χ3n) is 3.76. The Morgan fingerprint density at radius 3 is 1.18 bits per heavy atom. The lowest BCUT2D eigenvalue weighted by Crippen LogP contribution is -1.83. The molecule has 0 spiro atoms. The standard InChI is InChI=1S/C18H36.C4H8/c1-3-5-7-9-11-13-15-17-18-16-14-12-10-8-6-4-2;1-4(2)3/h3H,1,4-18H2,2H3;1H2,2-3H3. The molecule has 0 unspecified atom stereocenters. The molecule has 0 saturated carbocycles. The van der Waals surface area contributed by atoms with E-state index in [1.54, 1.807) is 0 Å². The molecule has 0 nitrogen and oxygen atoms in total. The molecule has 0 aromatic heterocycles. The summed E-state index contributed by atoms with van der Waals surface area (Å²) in [5.41, 5.74) is 1.17. The van der Waals surface area contributed by atoms with Gasteiger partial charge in [-0.25, -0.2) is 0 Å². The molecular weight excluding hydrogens is 264 g/mol. The predicted molar refractivity (Wildman–Crippen MR) is 106 cm³/mol. The first-order chi connectivity index (χ1) is 10.6. The third kappa shape index (κ3) is 31.7. The number of hydrogen-bond donors (Lipinski definition) is 0. The van der Waals surface area contributed by atoms with Crippen LogP contribution in [0.5, 0.6) is 0 Å². The molecule has 0 fully saturated rings. The summed E-state index contributed by atoms with van der Waals surface area (Å²) in [4.78, 5) is 0.